The summed E-state index contributed by atoms with van der Waals surface area (Å²) in [5, 5.41) is 1.28. The van der Waals surface area contributed by atoms with Crippen LogP contribution in [0.25, 0.3) is 32.9 Å². The lowest BCUT2D eigenvalue weighted by molar-refractivity contribution is 0.0123. The van der Waals surface area contributed by atoms with E-state index in [1.807, 2.05) is 25.7 Å². The molecule has 2 aliphatic heterocycles. The lowest BCUT2D eigenvalue weighted by atomic mass is 9.95. The highest BCUT2D eigenvalue weighted by Crippen LogP contribution is 2.43. The molecule has 0 aliphatic carbocycles. The molecule has 2 aromatic heterocycles. The molecule has 10 nitrogen and oxygen atoms in total. The fourth-order valence-corrected chi connectivity index (χ4v) is 13.9. The molecule has 288 valence electrons. The molecule has 0 spiro atoms. The fourth-order valence-electron chi connectivity index (χ4n) is 8.72. The van der Waals surface area contributed by atoms with Crippen molar-refractivity contribution in [1.29, 1.82) is 0 Å². The summed E-state index contributed by atoms with van der Waals surface area (Å²) in [7, 11) is -0.793. The second-order valence-corrected chi connectivity index (χ2v) is 22.0. The maximum atomic E-state index is 17.1. The minimum atomic E-state index is -2.29. The molecule has 0 radical (unpaired) electrons. The van der Waals surface area contributed by atoms with E-state index in [1.165, 1.54) is 19.4 Å². The van der Waals surface area contributed by atoms with Gasteiger partial charge in [0.2, 0.25) is 0 Å². The van der Waals surface area contributed by atoms with Crippen molar-refractivity contribution in [3.8, 4) is 28.5 Å². The van der Waals surface area contributed by atoms with Crippen LogP contribution in [-0.4, -0.2) is 78.7 Å². The Bertz CT molecular complexity index is 2170. The Morgan fingerprint density at radius 1 is 1.04 bits per heavy atom. The number of nitrogens with one attached hydrogen (secondary N) is 1. The van der Waals surface area contributed by atoms with Gasteiger partial charge in [0, 0.05) is 37.3 Å². The van der Waals surface area contributed by atoms with E-state index in [0.29, 0.717) is 51.6 Å². The third kappa shape index (κ3) is 7.18. The normalized spacial score (nSPS) is 17.5. The van der Waals surface area contributed by atoms with Gasteiger partial charge in [0.05, 0.1) is 28.6 Å². The van der Waals surface area contributed by atoms with Crippen molar-refractivity contribution in [2.24, 2.45) is 0 Å². The van der Waals surface area contributed by atoms with Crippen LogP contribution in [0.2, 0.25) is 16.6 Å². The highest BCUT2D eigenvalue weighted by Gasteiger charge is 2.45. The van der Waals surface area contributed by atoms with E-state index >= 15 is 8.78 Å². The van der Waals surface area contributed by atoms with Gasteiger partial charge in [-0.1, -0.05) is 53.5 Å². The van der Waals surface area contributed by atoms with Crippen molar-refractivity contribution >= 4 is 41.7 Å². The number of H-pyrrole nitrogens is 1. The molecule has 54 heavy (non-hydrogen) atoms. The molecule has 2 bridgehead atoms. The average Bonchev–Trinajstić information content (AvgIpc) is 3.36. The van der Waals surface area contributed by atoms with Crippen LogP contribution in [-0.2, 0) is 9.47 Å². The summed E-state index contributed by atoms with van der Waals surface area (Å²) in [6.07, 6.45) is 2.65. The predicted molar refractivity (Wildman–Crippen MR) is 211 cm³/mol. The molecular formula is C41H51F2N5O5Si. The van der Waals surface area contributed by atoms with E-state index in [1.54, 1.807) is 23.1 Å². The quantitative estimate of drug-likeness (QED) is 0.108. The van der Waals surface area contributed by atoms with Gasteiger partial charge in [0.25, 0.3) is 0 Å². The SMILES string of the molecule is COCOc1cc(-c2ncc3c(N4C[C@H]5CC[C@@H](C4)N5C(=O)OC(C)(C)C)nc(=O)[nH]c3c2F)c2c(C#C[Si](C(C)C)(C(C)C)C(C)C)c(F)ccc2c1. The first-order chi connectivity index (χ1) is 25.5. The Morgan fingerprint density at radius 3 is 2.28 bits per heavy atom. The number of pyridine rings is 1. The van der Waals surface area contributed by atoms with E-state index in [9.17, 15) is 9.59 Å². The number of aromatic amines is 1. The van der Waals surface area contributed by atoms with Gasteiger partial charge in [-0.05, 0) is 73.8 Å². The number of halogens is 2. The van der Waals surface area contributed by atoms with Crippen LogP contribution < -0.4 is 15.3 Å². The fraction of sp³-hybridized carbons (Fsp3) is 0.512. The number of ether oxygens (including phenoxy) is 3. The zero-order valence-electron chi connectivity index (χ0n) is 32.9. The van der Waals surface area contributed by atoms with Gasteiger partial charge in [0.1, 0.15) is 36.8 Å². The molecule has 0 unspecified atom stereocenters. The van der Waals surface area contributed by atoms with Gasteiger partial charge in [-0.15, -0.1) is 5.54 Å². The summed E-state index contributed by atoms with van der Waals surface area (Å²) in [5.41, 5.74) is 3.42. The first kappa shape index (κ1) is 39.2. The van der Waals surface area contributed by atoms with E-state index in [2.05, 4.69) is 68.0 Å². The topological polar surface area (TPSA) is 110 Å². The van der Waals surface area contributed by atoms with Crippen LogP contribution in [0, 0.1) is 23.1 Å². The van der Waals surface area contributed by atoms with Crippen molar-refractivity contribution < 1.29 is 27.8 Å². The van der Waals surface area contributed by atoms with E-state index in [-0.39, 0.29) is 53.1 Å². The summed E-state index contributed by atoms with van der Waals surface area (Å²) in [4.78, 5) is 41.5. The van der Waals surface area contributed by atoms with Crippen LogP contribution in [0.15, 0.2) is 35.3 Å². The third-order valence-corrected chi connectivity index (χ3v) is 17.3. The number of carbonyl (C=O) groups excluding carboxylic acids is 1. The highest BCUT2D eigenvalue weighted by atomic mass is 28.3. The van der Waals surface area contributed by atoms with Gasteiger partial charge >= 0.3 is 11.8 Å². The van der Waals surface area contributed by atoms with Crippen molar-refractivity contribution in [1.82, 2.24) is 19.9 Å². The molecule has 6 rings (SSSR count). The molecular weight excluding hydrogens is 709 g/mol. The molecule has 4 heterocycles. The molecule has 1 N–H and O–H groups in total. The Hall–Kier alpha value is -4.54. The number of amides is 1. The second kappa shape index (κ2) is 14.9. The number of methoxy groups -OCH3 is 1. The van der Waals surface area contributed by atoms with Crippen LogP contribution >= 0.6 is 0 Å². The smallest absolute Gasteiger partial charge is 0.410 e. The van der Waals surface area contributed by atoms with Crippen molar-refractivity contribution in [3.05, 3.63) is 58.1 Å². The molecule has 2 atom stereocenters. The number of aromatic nitrogens is 3. The number of anilines is 1. The summed E-state index contributed by atoms with van der Waals surface area (Å²) in [6.45, 7) is 19.4. The number of piperazine rings is 1. The Morgan fingerprint density at radius 2 is 1.69 bits per heavy atom. The highest BCUT2D eigenvalue weighted by molar-refractivity contribution is 6.90. The number of fused-ring (bicyclic) bond motifs is 4. The molecule has 2 fully saturated rings. The van der Waals surface area contributed by atoms with Crippen molar-refractivity contribution in [2.45, 2.75) is 109 Å². The average molecular weight is 760 g/mol. The zero-order valence-corrected chi connectivity index (χ0v) is 33.9. The van der Waals surface area contributed by atoms with Crippen molar-refractivity contribution in [2.75, 3.05) is 31.9 Å². The Balaban J connectivity index is 1.51. The van der Waals surface area contributed by atoms with Crippen LogP contribution in [0.4, 0.5) is 19.4 Å². The van der Waals surface area contributed by atoms with Crippen LogP contribution in [0.1, 0.15) is 80.7 Å². The first-order valence-corrected chi connectivity index (χ1v) is 21.0. The number of benzene rings is 2. The minimum absolute atomic E-state index is 0.0662. The molecule has 2 aromatic carbocycles. The van der Waals surface area contributed by atoms with E-state index in [0.717, 1.165) is 12.8 Å². The summed E-state index contributed by atoms with van der Waals surface area (Å²) in [6, 6.07) is 6.02. The monoisotopic (exact) mass is 759 g/mol. The van der Waals surface area contributed by atoms with Crippen LogP contribution in [0.5, 0.6) is 5.75 Å². The number of rotatable bonds is 8. The molecule has 2 saturated heterocycles. The number of hydrogen-bond donors (Lipinski definition) is 1. The minimum Gasteiger partial charge on any atom is -0.468 e. The summed E-state index contributed by atoms with van der Waals surface area (Å²) in [5.74, 6) is 2.60. The standard InChI is InChI=1S/C41H51F2N5O5Si/c1-23(2)54(24(3)4,25(5)6)16-15-30-33(42)14-11-26-17-29(52-22-51-10)18-31(34(26)30)36-35(43)37-32(19-44-36)38(46-39(49)45-37)47-20-27-12-13-28(21-47)48(27)40(50)53-41(7,8)9/h11,14,17-19,23-25,27-28H,12-13,20-22H2,1-10H3,(H,45,46,49)/t27-,28+. The van der Waals surface area contributed by atoms with Gasteiger partial charge < -0.3 is 24.1 Å². The van der Waals surface area contributed by atoms with E-state index in [4.69, 9.17) is 14.2 Å². The van der Waals surface area contributed by atoms with Gasteiger partial charge in [0.15, 0.2) is 12.6 Å². The summed E-state index contributed by atoms with van der Waals surface area (Å²) >= 11 is 0. The van der Waals surface area contributed by atoms with E-state index < -0.39 is 31.0 Å². The maximum absolute atomic E-state index is 17.1. The Kier molecular flexibility index (Phi) is 10.8. The lowest BCUT2D eigenvalue weighted by Crippen LogP contribution is -2.57. The second-order valence-electron chi connectivity index (χ2n) is 16.4. The first-order valence-electron chi connectivity index (χ1n) is 18.7. The number of carbonyl (C=O) groups is 1. The maximum Gasteiger partial charge on any atom is 0.410 e. The lowest BCUT2D eigenvalue weighted by Gasteiger charge is -2.41. The van der Waals surface area contributed by atoms with Gasteiger partial charge in [-0.2, -0.15) is 4.98 Å². The molecule has 2 aliphatic rings. The molecule has 13 heteroatoms. The zero-order chi connectivity index (χ0) is 39.3. The van der Waals surface area contributed by atoms with Crippen LogP contribution in [0.3, 0.4) is 0 Å². The third-order valence-electron chi connectivity index (χ3n) is 11.0. The summed E-state index contributed by atoms with van der Waals surface area (Å²) < 4.78 is 49.8. The number of hydrogen-bond acceptors (Lipinski definition) is 8. The molecule has 1 amide bonds. The molecule has 4 aromatic rings. The van der Waals surface area contributed by atoms with Crippen molar-refractivity contribution in [3.63, 3.8) is 0 Å². The van der Waals surface area contributed by atoms with Gasteiger partial charge in [-0.3, -0.25) is 9.88 Å². The predicted octanol–water partition coefficient (Wildman–Crippen LogP) is 8.56. The number of nitrogens with zero attached hydrogens (tertiary/aromatic N) is 4. The Labute approximate surface area is 316 Å². The molecule has 0 saturated carbocycles. The largest absolute Gasteiger partial charge is 0.468 e. The van der Waals surface area contributed by atoms with Gasteiger partial charge in [-0.25, -0.2) is 18.4 Å².